The third kappa shape index (κ3) is 4.68. The number of ether oxygens (including phenoxy) is 2. The van der Waals surface area contributed by atoms with Crippen molar-refractivity contribution < 1.29 is 19.1 Å². The molecule has 0 aliphatic carbocycles. The quantitative estimate of drug-likeness (QED) is 0.772. The second-order valence-corrected chi connectivity index (χ2v) is 6.84. The largest absolute Gasteiger partial charge is 0.490 e. The summed E-state index contributed by atoms with van der Waals surface area (Å²) in [6, 6.07) is 5.64. The fraction of sp³-hybridized carbons (Fsp3) is 0.600. The summed E-state index contributed by atoms with van der Waals surface area (Å²) < 4.78 is 11.2. The first kappa shape index (κ1) is 20.1. The molecule has 1 aliphatic rings. The van der Waals surface area contributed by atoms with Crippen LogP contribution in [-0.4, -0.2) is 42.5 Å². The van der Waals surface area contributed by atoms with Gasteiger partial charge in [-0.1, -0.05) is 6.07 Å². The molecule has 0 bridgehead atoms. The van der Waals surface area contributed by atoms with Crippen LogP contribution >= 0.6 is 0 Å². The summed E-state index contributed by atoms with van der Waals surface area (Å²) in [6.45, 7) is 11.3. The Morgan fingerprint density at radius 1 is 1.19 bits per heavy atom. The number of nitrogens with one attached hydrogen (secondary N) is 1. The minimum atomic E-state index is -0.290. The highest BCUT2D eigenvalue weighted by atomic mass is 16.5. The molecule has 144 valence electrons. The van der Waals surface area contributed by atoms with Gasteiger partial charge in [-0.3, -0.25) is 9.59 Å². The molecule has 1 N–H and O–H groups in total. The van der Waals surface area contributed by atoms with Gasteiger partial charge in [-0.05, 0) is 52.3 Å². The van der Waals surface area contributed by atoms with Gasteiger partial charge in [0.2, 0.25) is 11.8 Å². The number of hydrogen-bond donors (Lipinski definition) is 1. The summed E-state index contributed by atoms with van der Waals surface area (Å²) >= 11 is 0. The lowest BCUT2D eigenvalue weighted by Gasteiger charge is -2.22. The van der Waals surface area contributed by atoms with Gasteiger partial charge in [0, 0.05) is 19.0 Å². The molecule has 1 saturated heterocycles. The van der Waals surface area contributed by atoms with E-state index in [4.69, 9.17) is 9.47 Å². The molecule has 1 heterocycles. The van der Waals surface area contributed by atoms with Crippen LogP contribution in [0.4, 0.5) is 0 Å². The minimum Gasteiger partial charge on any atom is -0.490 e. The predicted molar refractivity (Wildman–Crippen MR) is 100 cm³/mol. The van der Waals surface area contributed by atoms with Crippen molar-refractivity contribution in [3.8, 4) is 11.5 Å². The lowest BCUT2D eigenvalue weighted by Crippen LogP contribution is -2.36. The average molecular weight is 362 g/mol. The van der Waals surface area contributed by atoms with Crippen molar-refractivity contribution in [2.75, 3.05) is 19.8 Å². The number of carbonyl (C=O) groups excluding carboxylic acids is 2. The van der Waals surface area contributed by atoms with Crippen LogP contribution in [0, 0.1) is 5.92 Å². The van der Waals surface area contributed by atoms with Crippen LogP contribution in [0.3, 0.4) is 0 Å². The van der Waals surface area contributed by atoms with Gasteiger partial charge in [-0.15, -0.1) is 0 Å². The Balaban J connectivity index is 2.05. The van der Waals surface area contributed by atoms with E-state index in [1.807, 2.05) is 52.8 Å². The fourth-order valence-corrected chi connectivity index (χ4v) is 3.16. The zero-order valence-electron chi connectivity index (χ0n) is 16.4. The molecule has 0 aromatic heterocycles. The van der Waals surface area contributed by atoms with E-state index in [1.54, 1.807) is 4.90 Å². The highest BCUT2D eigenvalue weighted by molar-refractivity contribution is 5.89. The highest BCUT2D eigenvalue weighted by Gasteiger charge is 2.35. The third-order valence-electron chi connectivity index (χ3n) is 4.58. The van der Waals surface area contributed by atoms with E-state index in [-0.39, 0.29) is 36.2 Å². The molecule has 1 aliphatic heterocycles. The maximum absolute atomic E-state index is 12.6. The number of amides is 2. The Morgan fingerprint density at radius 3 is 2.42 bits per heavy atom. The first-order valence-corrected chi connectivity index (χ1v) is 9.36. The van der Waals surface area contributed by atoms with Crippen LogP contribution in [0.25, 0.3) is 0 Å². The summed E-state index contributed by atoms with van der Waals surface area (Å²) in [5, 5.41) is 3.02. The van der Waals surface area contributed by atoms with Crippen molar-refractivity contribution in [1.82, 2.24) is 10.2 Å². The number of nitrogens with zero attached hydrogens (tertiary/aromatic N) is 1. The molecule has 26 heavy (non-hydrogen) atoms. The summed E-state index contributed by atoms with van der Waals surface area (Å²) in [7, 11) is 0. The van der Waals surface area contributed by atoms with E-state index >= 15 is 0 Å². The maximum atomic E-state index is 12.6. The predicted octanol–water partition coefficient (Wildman–Crippen LogP) is 2.92. The van der Waals surface area contributed by atoms with E-state index < -0.39 is 0 Å². The van der Waals surface area contributed by atoms with E-state index in [1.165, 1.54) is 0 Å². The molecule has 1 fully saturated rings. The molecular formula is C20H30N2O4. The molecule has 1 aromatic rings. The number of benzene rings is 1. The van der Waals surface area contributed by atoms with Crippen LogP contribution in [-0.2, 0) is 9.59 Å². The van der Waals surface area contributed by atoms with Gasteiger partial charge >= 0.3 is 0 Å². The molecule has 2 atom stereocenters. The number of hydrogen-bond acceptors (Lipinski definition) is 4. The fourth-order valence-electron chi connectivity index (χ4n) is 3.16. The summed E-state index contributed by atoms with van der Waals surface area (Å²) in [5.74, 6) is 1.05. The van der Waals surface area contributed by atoms with Crippen LogP contribution in [0.15, 0.2) is 18.2 Å². The zero-order chi connectivity index (χ0) is 19.3. The van der Waals surface area contributed by atoms with Crippen molar-refractivity contribution in [1.29, 1.82) is 0 Å². The molecule has 1 aromatic carbocycles. The molecule has 2 unspecified atom stereocenters. The SMILES string of the molecule is CCOc1ccc(C(C)NC(=O)C2CC(=O)N(C(C)C)C2)cc1OCC. The van der Waals surface area contributed by atoms with Gasteiger partial charge in [0.25, 0.3) is 0 Å². The minimum absolute atomic E-state index is 0.0486. The molecule has 6 nitrogen and oxygen atoms in total. The van der Waals surface area contributed by atoms with Gasteiger partial charge in [-0.2, -0.15) is 0 Å². The molecular weight excluding hydrogens is 332 g/mol. The van der Waals surface area contributed by atoms with Gasteiger partial charge in [0.15, 0.2) is 11.5 Å². The highest BCUT2D eigenvalue weighted by Crippen LogP contribution is 2.31. The van der Waals surface area contributed by atoms with Crippen LogP contribution in [0.2, 0.25) is 0 Å². The standard InChI is InChI=1S/C20H30N2O4/c1-6-25-17-9-8-15(10-18(17)26-7-2)14(5)21-20(24)16-11-19(23)22(12-16)13(3)4/h8-10,13-14,16H,6-7,11-12H2,1-5H3,(H,21,24). The Morgan fingerprint density at radius 2 is 1.85 bits per heavy atom. The third-order valence-corrected chi connectivity index (χ3v) is 4.58. The first-order chi connectivity index (χ1) is 12.4. The van der Waals surface area contributed by atoms with Crippen LogP contribution < -0.4 is 14.8 Å². The van der Waals surface area contributed by atoms with Crippen molar-refractivity contribution >= 4 is 11.8 Å². The van der Waals surface area contributed by atoms with E-state index in [0.717, 1.165) is 5.56 Å². The molecule has 0 spiro atoms. The zero-order valence-corrected chi connectivity index (χ0v) is 16.4. The molecule has 2 amide bonds. The Labute approximate surface area is 155 Å². The Hall–Kier alpha value is -2.24. The van der Waals surface area contributed by atoms with Crippen LogP contribution in [0.5, 0.6) is 11.5 Å². The topological polar surface area (TPSA) is 67.9 Å². The summed E-state index contributed by atoms with van der Waals surface area (Å²) in [4.78, 5) is 26.4. The monoisotopic (exact) mass is 362 g/mol. The summed E-state index contributed by atoms with van der Waals surface area (Å²) in [5.41, 5.74) is 0.940. The second kappa shape index (κ2) is 8.92. The number of carbonyl (C=O) groups is 2. The lowest BCUT2D eigenvalue weighted by atomic mass is 10.0. The normalized spacial score (nSPS) is 18.2. The average Bonchev–Trinajstić information content (AvgIpc) is 2.99. The molecule has 2 rings (SSSR count). The van der Waals surface area contributed by atoms with E-state index in [9.17, 15) is 9.59 Å². The van der Waals surface area contributed by atoms with Gasteiger partial charge in [0.05, 0.1) is 25.2 Å². The van der Waals surface area contributed by atoms with Gasteiger partial charge in [-0.25, -0.2) is 0 Å². The Bertz CT molecular complexity index is 645. The number of rotatable bonds is 8. The maximum Gasteiger partial charge on any atom is 0.225 e. The van der Waals surface area contributed by atoms with E-state index in [0.29, 0.717) is 31.3 Å². The van der Waals surface area contributed by atoms with Crippen molar-refractivity contribution in [3.63, 3.8) is 0 Å². The molecule has 0 radical (unpaired) electrons. The van der Waals surface area contributed by atoms with Gasteiger partial charge < -0.3 is 19.7 Å². The van der Waals surface area contributed by atoms with Crippen molar-refractivity contribution in [2.45, 2.75) is 53.1 Å². The summed E-state index contributed by atoms with van der Waals surface area (Å²) in [6.07, 6.45) is 0.282. The Kier molecular flexibility index (Phi) is 6.89. The first-order valence-electron chi connectivity index (χ1n) is 9.36. The number of likely N-dealkylation sites (tertiary alicyclic amines) is 1. The lowest BCUT2D eigenvalue weighted by molar-refractivity contribution is -0.130. The van der Waals surface area contributed by atoms with Crippen LogP contribution in [0.1, 0.15) is 52.6 Å². The van der Waals surface area contributed by atoms with Gasteiger partial charge in [0.1, 0.15) is 0 Å². The van der Waals surface area contributed by atoms with E-state index in [2.05, 4.69) is 5.32 Å². The molecule has 0 saturated carbocycles. The van der Waals surface area contributed by atoms with Crippen molar-refractivity contribution in [3.05, 3.63) is 23.8 Å². The smallest absolute Gasteiger partial charge is 0.225 e. The van der Waals surface area contributed by atoms with Crippen molar-refractivity contribution in [2.24, 2.45) is 5.92 Å². The second-order valence-electron chi connectivity index (χ2n) is 6.84. The molecule has 6 heteroatoms.